The van der Waals surface area contributed by atoms with Crippen molar-refractivity contribution in [3.8, 4) is 11.5 Å². The predicted octanol–water partition coefficient (Wildman–Crippen LogP) is 0.00560. The molecular formula is C14H13BO4. The van der Waals surface area contributed by atoms with Crippen LogP contribution in [0.25, 0.3) is 0 Å². The fourth-order valence-corrected chi connectivity index (χ4v) is 2.14. The second-order valence-electron chi connectivity index (χ2n) is 4.42. The third-order valence-electron chi connectivity index (χ3n) is 3.16. The molecule has 0 amide bonds. The molecule has 0 aromatic heterocycles. The highest BCUT2D eigenvalue weighted by Gasteiger charge is 2.21. The molecule has 0 aliphatic carbocycles. The lowest BCUT2D eigenvalue weighted by atomic mass is 9.56. The van der Waals surface area contributed by atoms with Crippen LogP contribution in [0.15, 0.2) is 42.5 Å². The number of aliphatic hydroxyl groups excluding tert-OH is 1. The number of aliphatic hydroxyl groups is 1. The average molecular weight is 256 g/mol. The summed E-state index contributed by atoms with van der Waals surface area (Å²) in [5, 5.41) is 19.5. The minimum absolute atomic E-state index is 0.0400. The lowest BCUT2D eigenvalue weighted by molar-refractivity contribution is 0.174. The average Bonchev–Trinajstić information content (AvgIpc) is 2.94. The van der Waals surface area contributed by atoms with Crippen molar-refractivity contribution in [2.24, 2.45) is 0 Å². The lowest BCUT2D eigenvalue weighted by Gasteiger charge is -2.09. The van der Waals surface area contributed by atoms with Gasteiger partial charge in [0.05, 0.1) is 6.61 Å². The van der Waals surface area contributed by atoms with Gasteiger partial charge in [0.15, 0.2) is 11.5 Å². The van der Waals surface area contributed by atoms with Crippen LogP contribution in [-0.4, -0.2) is 23.8 Å². The Hall–Kier alpha value is -1.98. The number of ether oxygens (including phenoxy) is 2. The summed E-state index contributed by atoms with van der Waals surface area (Å²) in [6.07, 6.45) is 0. The quantitative estimate of drug-likeness (QED) is 0.759. The molecule has 2 aromatic carbocycles. The zero-order valence-electron chi connectivity index (χ0n) is 10.2. The Bertz CT molecular complexity index is 600. The van der Waals surface area contributed by atoms with E-state index in [0.717, 1.165) is 16.5 Å². The molecule has 2 N–H and O–H groups in total. The van der Waals surface area contributed by atoms with Gasteiger partial charge in [0.1, 0.15) is 0 Å². The Kier molecular flexibility index (Phi) is 3.15. The van der Waals surface area contributed by atoms with Gasteiger partial charge in [-0.15, -0.1) is 0 Å². The van der Waals surface area contributed by atoms with Crippen LogP contribution in [-0.2, 0) is 6.61 Å². The molecule has 96 valence electrons. The van der Waals surface area contributed by atoms with Crippen molar-refractivity contribution in [2.75, 3.05) is 6.79 Å². The SMILES string of the molecule is OCc1cccc(B(O)c2ccc3c(c2)OCO3)c1. The number of hydrogen-bond donors (Lipinski definition) is 2. The Balaban J connectivity index is 1.92. The number of fused-ring (bicyclic) bond motifs is 1. The van der Waals surface area contributed by atoms with Gasteiger partial charge in [-0.25, -0.2) is 0 Å². The molecule has 0 saturated heterocycles. The summed E-state index contributed by atoms with van der Waals surface area (Å²) < 4.78 is 10.5. The molecule has 4 nitrogen and oxygen atoms in total. The molecule has 1 heterocycles. The van der Waals surface area contributed by atoms with Crippen LogP contribution >= 0.6 is 0 Å². The second-order valence-corrected chi connectivity index (χ2v) is 4.42. The first kappa shape index (κ1) is 12.1. The predicted molar refractivity (Wildman–Crippen MR) is 72.2 cm³/mol. The highest BCUT2D eigenvalue weighted by Crippen LogP contribution is 2.29. The first-order valence-corrected chi connectivity index (χ1v) is 6.05. The van der Waals surface area contributed by atoms with Crippen molar-refractivity contribution in [1.29, 1.82) is 0 Å². The first-order chi connectivity index (χ1) is 9.28. The molecule has 2 aromatic rings. The van der Waals surface area contributed by atoms with E-state index in [2.05, 4.69) is 0 Å². The van der Waals surface area contributed by atoms with E-state index in [9.17, 15) is 5.02 Å². The van der Waals surface area contributed by atoms with Crippen LogP contribution in [0.3, 0.4) is 0 Å². The fraction of sp³-hybridized carbons (Fsp3) is 0.143. The van der Waals surface area contributed by atoms with Crippen LogP contribution in [0.1, 0.15) is 5.56 Å². The molecule has 0 spiro atoms. The summed E-state index contributed by atoms with van der Waals surface area (Å²) in [7, 11) is 0. The minimum atomic E-state index is -0.749. The molecule has 0 radical (unpaired) electrons. The Morgan fingerprint density at radius 1 is 1.00 bits per heavy atom. The molecule has 0 fully saturated rings. The molecule has 5 heteroatoms. The molecule has 0 saturated carbocycles. The third kappa shape index (κ3) is 2.30. The third-order valence-corrected chi connectivity index (χ3v) is 3.16. The van der Waals surface area contributed by atoms with Crippen molar-refractivity contribution in [2.45, 2.75) is 6.61 Å². The first-order valence-electron chi connectivity index (χ1n) is 6.05. The molecule has 0 atom stereocenters. The van der Waals surface area contributed by atoms with Gasteiger partial charge in [-0.2, -0.15) is 0 Å². The van der Waals surface area contributed by atoms with Crippen LogP contribution in [0, 0.1) is 0 Å². The maximum absolute atomic E-state index is 10.4. The van der Waals surface area contributed by atoms with Gasteiger partial charge < -0.3 is 19.6 Å². The molecule has 1 aliphatic heterocycles. The summed E-state index contributed by atoms with van der Waals surface area (Å²) >= 11 is 0. The topological polar surface area (TPSA) is 58.9 Å². The summed E-state index contributed by atoms with van der Waals surface area (Å²) in [6, 6.07) is 12.6. The Labute approximate surface area is 111 Å². The van der Waals surface area contributed by atoms with Crippen molar-refractivity contribution in [3.63, 3.8) is 0 Å². The van der Waals surface area contributed by atoms with Gasteiger partial charge >= 0.3 is 6.92 Å². The van der Waals surface area contributed by atoms with Gasteiger partial charge in [-0.3, -0.25) is 0 Å². The smallest absolute Gasteiger partial charge is 0.359 e. The van der Waals surface area contributed by atoms with Gasteiger partial charge in [0.25, 0.3) is 0 Å². The maximum atomic E-state index is 10.4. The second kappa shape index (κ2) is 4.95. The number of rotatable bonds is 3. The molecular weight excluding hydrogens is 243 g/mol. The maximum Gasteiger partial charge on any atom is 0.359 e. The minimum Gasteiger partial charge on any atom is -0.454 e. The van der Waals surface area contributed by atoms with Crippen molar-refractivity contribution in [1.82, 2.24) is 0 Å². The molecule has 3 rings (SSSR count). The fourth-order valence-electron chi connectivity index (χ4n) is 2.14. The van der Waals surface area contributed by atoms with Gasteiger partial charge in [0, 0.05) is 0 Å². The van der Waals surface area contributed by atoms with Crippen LogP contribution < -0.4 is 20.4 Å². The largest absolute Gasteiger partial charge is 0.454 e. The number of hydrogen-bond acceptors (Lipinski definition) is 4. The Morgan fingerprint density at radius 2 is 1.79 bits per heavy atom. The van der Waals surface area contributed by atoms with Gasteiger partial charge in [0.2, 0.25) is 6.79 Å². The van der Waals surface area contributed by atoms with Crippen LogP contribution in [0.4, 0.5) is 0 Å². The van der Waals surface area contributed by atoms with Crippen LogP contribution in [0.5, 0.6) is 11.5 Å². The summed E-state index contributed by atoms with van der Waals surface area (Å²) in [5.41, 5.74) is 2.25. The monoisotopic (exact) mass is 256 g/mol. The summed E-state index contributed by atoms with van der Waals surface area (Å²) in [6.45, 7) is -0.572. The Morgan fingerprint density at radius 3 is 2.63 bits per heavy atom. The standard InChI is InChI=1S/C14H13BO4/c16-8-10-2-1-3-11(6-10)15(17)12-4-5-13-14(7-12)19-9-18-13/h1-7,16-17H,8-9H2. The van der Waals surface area contributed by atoms with Crippen molar-refractivity contribution in [3.05, 3.63) is 48.0 Å². The van der Waals surface area contributed by atoms with Gasteiger partial charge in [-0.05, 0) is 28.6 Å². The molecule has 19 heavy (non-hydrogen) atoms. The lowest BCUT2D eigenvalue weighted by Crippen LogP contribution is -2.42. The van der Waals surface area contributed by atoms with Gasteiger partial charge in [-0.1, -0.05) is 30.3 Å². The van der Waals surface area contributed by atoms with E-state index in [0.29, 0.717) is 11.5 Å². The van der Waals surface area contributed by atoms with E-state index in [1.165, 1.54) is 0 Å². The number of benzene rings is 2. The molecule has 0 unspecified atom stereocenters. The summed E-state index contributed by atoms with van der Waals surface area (Å²) in [5.74, 6) is 1.34. The molecule has 1 aliphatic rings. The van der Waals surface area contributed by atoms with Crippen molar-refractivity contribution >= 4 is 17.8 Å². The normalized spacial score (nSPS) is 12.5. The van der Waals surface area contributed by atoms with Crippen molar-refractivity contribution < 1.29 is 19.6 Å². The highest BCUT2D eigenvalue weighted by molar-refractivity contribution is 6.78. The van der Waals surface area contributed by atoms with E-state index in [1.54, 1.807) is 18.2 Å². The zero-order chi connectivity index (χ0) is 13.2. The highest BCUT2D eigenvalue weighted by atomic mass is 16.7. The van der Waals surface area contributed by atoms with E-state index in [-0.39, 0.29) is 13.4 Å². The zero-order valence-corrected chi connectivity index (χ0v) is 10.2. The van der Waals surface area contributed by atoms with E-state index in [4.69, 9.17) is 14.6 Å². The summed E-state index contributed by atoms with van der Waals surface area (Å²) in [4.78, 5) is 0. The molecule has 0 bridgehead atoms. The van der Waals surface area contributed by atoms with E-state index >= 15 is 0 Å². The van der Waals surface area contributed by atoms with E-state index < -0.39 is 6.92 Å². The van der Waals surface area contributed by atoms with Crippen LogP contribution in [0.2, 0.25) is 0 Å². The van der Waals surface area contributed by atoms with E-state index in [1.807, 2.05) is 24.3 Å².